The van der Waals surface area contributed by atoms with E-state index in [0.29, 0.717) is 15.8 Å². The molecule has 5 nitrogen and oxygen atoms in total. The SMILES string of the molecule is O=C(O)c1cc(OCc2ccc(Br)c(F)c2)ccc1NC(=O)C1CC1. The molecule has 130 valence electrons. The second-order valence-corrected chi connectivity index (χ2v) is 6.67. The highest BCUT2D eigenvalue weighted by atomic mass is 79.9. The van der Waals surface area contributed by atoms with Crippen molar-refractivity contribution in [2.24, 2.45) is 5.92 Å². The average molecular weight is 408 g/mol. The number of carboxylic acid groups (broad SMARTS) is 1. The van der Waals surface area contributed by atoms with Gasteiger partial charge in [-0.2, -0.15) is 0 Å². The average Bonchev–Trinajstić information content (AvgIpc) is 3.41. The van der Waals surface area contributed by atoms with Crippen molar-refractivity contribution in [1.82, 2.24) is 0 Å². The zero-order chi connectivity index (χ0) is 18.0. The highest BCUT2D eigenvalue weighted by Gasteiger charge is 2.30. The molecule has 0 radical (unpaired) electrons. The molecule has 3 rings (SSSR count). The minimum absolute atomic E-state index is 0.0233. The van der Waals surface area contributed by atoms with Crippen LogP contribution in [0.1, 0.15) is 28.8 Å². The summed E-state index contributed by atoms with van der Waals surface area (Å²) in [6.45, 7) is 0.0943. The largest absolute Gasteiger partial charge is 0.489 e. The number of hydrogen-bond acceptors (Lipinski definition) is 3. The number of carboxylic acids is 1. The second kappa shape index (κ2) is 7.23. The molecule has 2 aromatic rings. The molecule has 1 amide bonds. The smallest absolute Gasteiger partial charge is 0.337 e. The van der Waals surface area contributed by atoms with E-state index in [0.717, 1.165) is 12.8 Å². The third-order valence-corrected chi connectivity index (χ3v) is 4.46. The highest BCUT2D eigenvalue weighted by Crippen LogP contribution is 2.31. The van der Waals surface area contributed by atoms with E-state index in [1.807, 2.05) is 0 Å². The van der Waals surface area contributed by atoms with Crippen molar-refractivity contribution in [3.05, 3.63) is 57.8 Å². The fraction of sp³-hybridized carbons (Fsp3) is 0.222. The van der Waals surface area contributed by atoms with Gasteiger partial charge in [-0.3, -0.25) is 4.79 Å². The lowest BCUT2D eigenvalue weighted by molar-refractivity contribution is -0.117. The first kappa shape index (κ1) is 17.4. The lowest BCUT2D eigenvalue weighted by atomic mass is 10.1. The minimum Gasteiger partial charge on any atom is -0.489 e. The van der Waals surface area contributed by atoms with E-state index < -0.39 is 11.8 Å². The number of rotatable bonds is 6. The quantitative estimate of drug-likeness (QED) is 0.751. The Morgan fingerprint density at radius 3 is 2.64 bits per heavy atom. The van der Waals surface area contributed by atoms with E-state index >= 15 is 0 Å². The monoisotopic (exact) mass is 407 g/mol. The summed E-state index contributed by atoms with van der Waals surface area (Å²) in [5, 5.41) is 12.0. The molecular formula is C18H15BrFNO4. The van der Waals surface area contributed by atoms with Crippen LogP contribution < -0.4 is 10.1 Å². The Bertz CT molecular complexity index is 836. The molecular weight excluding hydrogens is 393 g/mol. The normalized spacial score (nSPS) is 13.4. The molecule has 1 aliphatic carbocycles. The Morgan fingerprint density at radius 1 is 1.24 bits per heavy atom. The Morgan fingerprint density at radius 2 is 2.00 bits per heavy atom. The summed E-state index contributed by atoms with van der Waals surface area (Å²) in [6.07, 6.45) is 1.67. The van der Waals surface area contributed by atoms with E-state index in [9.17, 15) is 19.1 Å². The maximum Gasteiger partial charge on any atom is 0.337 e. The van der Waals surface area contributed by atoms with Gasteiger partial charge in [0.25, 0.3) is 0 Å². The fourth-order valence-corrected chi connectivity index (χ4v) is 2.52. The van der Waals surface area contributed by atoms with Gasteiger partial charge in [-0.25, -0.2) is 9.18 Å². The summed E-state index contributed by atoms with van der Waals surface area (Å²) in [4.78, 5) is 23.3. The number of hydrogen-bond donors (Lipinski definition) is 2. The van der Waals surface area contributed by atoms with Gasteiger partial charge in [-0.05, 0) is 64.7 Å². The van der Waals surface area contributed by atoms with Crippen molar-refractivity contribution in [2.75, 3.05) is 5.32 Å². The molecule has 25 heavy (non-hydrogen) atoms. The van der Waals surface area contributed by atoms with Crippen LogP contribution in [0.25, 0.3) is 0 Å². The van der Waals surface area contributed by atoms with Crippen molar-refractivity contribution in [3.63, 3.8) is 0 Å². The van der Waals surface area contributed by atoms with Crippen molar-refractivity contribution >= 4 is 33.5 Å². The Balaban J connectivity index is 1.73. The maximum atomic E-state index is 13.5. The standard InChI is InChI=1S/C18H15BrFNO4/c19-14-5-1-10(7-15(14)20)9-25-12-4-6-16(13(8-12)18(23)24)21-17(22)11-2-3-11/h1,4-8,11H,2-3,9H2,(H,21,22)(H,23,24). The topological polar surface area (TPSA) is 75.6 Å². The van der Waals surface area contributed by atoms with Crippen molar-refractivity contribution < 1.29 is 23.8 Å². The van der Waals surface area contributed by atoms with Crippen LogP contribution in [0.5, 0.6) is 5.75 Å². The summed E-state index contributed by atoms with van der Waals surface area (Å²) < 4.78 is 19.4. The molecule has 0 unspecified atom stereocenters. The zero-order valence-electron chi connectivity index (χ0n) is 13.1. The van der Waals surface area contributed by atoms with Crippen LogP contribution in [0, 0.1) is 11.7 Å². The fourth-order valence-electron chi connectivity index (χ4n) is 2.28. The number of halogens is 2. The lowest BCUT2D eigenvalue weighted by Gasteiger charge is -2.11. The summed E-state index contributed by atoms with van der Waals surface area (Å²) in [6, 6.07) is 9.04. The van der Waals surface area contributed by atoms with E-state index in [1.54, 1.807) is 18.2 Å². The van der Waals surface area contributed by atoms with E-state index in [4.69, 9.17) is 4.74 Å². The van der Waals surface area contributed by atoms with Crippen LogP contribution >= 0.6 is 15.9 Å². The van der Waals surface area contributed by atoms with Crippen LogP contribution in [0.3, 0.4) is 0 Å². The van der Waals surface area contributed by atoms with Gasteiger partial charge in [0.05, 0.1) is 15.7 Å². The number of nitrogens with one attached hydrogen (secondary N) is 1. The lowest BCUT2D eigenvalue weighted by Crippen LogP contribution is -2.16. The number of ether oxygens (including phenoxy) is 1. The third kappa shape index (κ3) is 4.36. The van der Waals surface area contributed by atoms with Crippen molar-refractivity contribution in [3.8, 4) is 5.75 Å². The van der Waals surface area contributed by atoms with Crippen LogP contribution in [-0.4, -0.2) is 17.0 Å². The number of anilines is 1. The predicted molar refractivity (Wildman–Crippen MR) is 93.2 cm³/mol. The first-order chi connectivity index (χ1) is 11.9. The molecule has 2 N–H and O–H groups in total. The number of carbonyl (C=O) groups is 2. The molecule has 1 aliphatic rings. The highest BCUT2D eigenvalue weighted by molar-refractivity contribution is 9.10. The summed E-state index contributed by atoms with van der Waals surface area (Å²) in [5.41, 5.74) is 0.809. The van der Waals surface area contributed by atoms with E-state index in [1.165, 1.54) is 18.2 Å². The molecule has 0 bridgehead atoms. The number of benzene rings is 2. The number of amides is 1. The summed E-state index contributed by atoms with van der Waals surface area (Å²) >= 11 is 3.08. The second-order valence-electron chi connectivity index (χ2n) is 5.81. The minimum atomic E-state index is -1.16. The molecule has 2 aromatic carbocycles. The Labute approximate surface area is 151 Å². The molecule has 0 spiro atoms. The summed E-state index contributed by atoms with van der Waals surface area (Å²) in [5.74, 6) is -1.42. The number of aromatic carboxylic acids is 1. The van der Waals surface area contributed by atoms with Crippen LogP contribution in [0.15, 0.2) is 40.9 Å². The number of carbonyl (C=O) groups excluding carboxylic acids is 1. The van der Waals surface area contributed by atoms with Crippen LogP contribution in [-0.2, 0) is 11.4 Å². The van der Waals surface area contributed by atoms with Gasteiger partial charge < -0.3 is 15.2 Å². The first-order valence-corrected chi connectivity index (χ1v) is 8.48. The molecule has 0 aliphatic heterocycles. The van der Waals surface area contributed by atoms with E-state index in [2.05, 4.69) is 21.2 Å². The molecule has 0 heterocycles. The van der Waals surface area contributed by atoms with Gasteiger partial charge >= 0.3 is 5.97 Å². The van der Waals surface area contributed by atoms with Gasteiger partial charge in [-0.1, -0.05) is 6.07 Å². The zero-order valence-corrected chi connectivity index (χ0v) is 14.7. The maximum absolute atomic E-state index is 13.5. The molecule has 7 heteroatoms. The van der Waals surface area contributed by atoms with Gasteiger partial charge in [0.15, 0.2) is 0 Å². The Kier molecular flexibility index (Phi) is 5.03. The molecule has 1 fully saturated rings. The van der Waals surface area contributed by atoms with Gasteiger partial charge in [0.2, 0.25) is 5.91 Å². The summed E-state index contributed by atoms with van der Waals surface area (Å²) in [7, 11) is 0. The van der Waals surface area contributed by atoms with Crippen molar-refractivity contribution in [1.29, 1.82) is 0 Å². The molecule has 0 saturated heterocycles. The predicted octanol–water partition coefficient (Wildman–Crippen LogP) is 4.21. The van der Waals surface area contributed by atoms with Gasteiger partial charge in [0, 0.05) is 5.92 Å². The molecule has 0 aromatic heterocycles. The van der Waals surface area contributed by atoms with E-state index in [-0.39, 0.29) is 29.7 Å². The third-order valence-electron chi connectivity index (χ3n) is 3.82. The van der Waals surface area contributed by atoms with Gasteiger partial charge in [-0.15, -0.1) is 0 Å². The first-order valence-electron chi connectivity index (χ1n) is 7.69. The van der Waals surface area contributed by atoms with Crippen molar-refractivity contribution in [2.45, 2.75) is 19.4 Å². The van der Waals surface area contributed by atoms with Gasteiger partial charge in [0.1, 0.15) is 18.2 Å². The van der Waals surface area contributed by atoms with Crippen LogP contribution in [0.2, 0.25) is 0 Å². The Hall–Kier alpha value is -2.41. The molecule has 0 atom stereocenters. The molecule has 1 saturated carbocycles. The van der Waals surface area contributed by atoms with Crippen LogP contribution in [0.4, 0.5) is 10.1 Å².